The summed E-state index contributed by atoms with van der Waals surface area (Å²) in [6.45, 7) is 0. The highest BCUT2D eigenvalue weighted by molar-refractivity contribution is 14.1. The summed E-state index contributed by atoms with van der Waals surface area (Å²) < 4.78 is 6.52. The highest BCUT2D eigenvalue weighted by atomic mass is 127. The van der Waals surface area contributed by atoms with E-state index in [4.69, 9.17) is 27.9 Å². The van der Waals surface area contributed by atoms with Crippen LogP contribution < -0.4 is 4.74 Å². The molecule has 0 aliphatic heterocycles. The van der Waals surface area contributed by atoms with Crippen molar-refractivity contribution in [2.45, 2.75) is 0 Å². The van der Waals surface area contributed by atoms with Gasteiger partial charge in [0.25, 0.3) is 5.88 Å². The van der Waals surface area contributed by atoms with Crippen LogP contribution in [0.3, 0.4) is 0 Å². The molecule has 2 rings (SSSR count). The number of benzene rings is 1. The zero-order chi connectivity index (χ0) is 11.5. The van der Waals surface area contributed by atoms with Gasteiger partial charge in [-0.25, -0.2) is 0 Å². The van der Waals surface area contributed by atoms with Crippen LogP contribution >= 0.6 is 45.8 Å². The minimum absolute atomic E-state index is 0.00934. The lowest BCUT2D eigenvalue weighted by Crippen LogP contribution is -1.94. The molecule has 0 amide bonds. The Balaban J connectivity index is 2.26. The fourth-order valence-electron chi connectivity index (χ4n) is 0.959. The molecule has 0 aliphatic carbocycles. The molecule has 0 aliphatic rings. The van der Waals surface area contributed by atoms with Crippen LogP contribution in [0, 0.1) is 3.57 Å². The Labute approximate surface area is 115 Å². The maximum absolute atomic E-state index is 5.76. The first-order chi connectivity index (χ1) is 7.65. The normalized spacial score (nSPS) is 10.2. The van der Waals surface area contributed by atoms with Crippen LogP contribution in [0.1, 0.15) is 0 Å². The summed E-state index contributed by atoms with van der Waals surface area (Å²) in [6.07, 6.45) is 0. The summed E-state index contributed by atoms with van der Waals surface area (Å²) in [6, 6.07) is 7.41. The maximum atomic E-state index is 5.76. The Hall–Kier alpha value is -0.660. The molecular weight excluding hydrogens is 364 g/mol. The molecule has 16 heavy (non-hydrogen) atoms. The molecular formula is C9H4Cl2IN3O. The number of hydrogen-bond acceptors (Lipinski definition) is 4. The van der Waals surface area contributed by atoms with E-state index in [1.807, 2.05) is 12.1 Å². The molecule has 82 valence electrons. The van der Waals surface area contributed by atoms with Crippen molar-refractivity contribution in [2.75, 3.05) is 0 Å². The molecule has 7 heteroatoms. The second kappa shape index (κ2) is 5.11. The van der Waals surface area contributed by atoms with Gasteiger partial charge in [-0.2, -0.15) is 4.98 Å². The van der Waals surface area contributed by atoms with Gasteiger partial charge in [-0.3, -0.25) is 0 Å². The van der Waals surface area contributed by atoms with Crippen LogP contribution in [0.4, 0.5) is 0 Å². The third-order valence-corrected chi connectivity index (χ3v) is 2.74. The lowest BCUT2D eigenvalue weighted by molar-refractivity contribution is 0.457. The maximum Gasteiger partial charge on any atom is 0.262 e. The van der Waals surface area contributed by atoms with Crippen molar-refractivity contribution in [3.05, 3.63) is 38.3 Å². The van der Waals surface area contributed by atoms with E-state index in [1.165, 1.54) is 0 Å². The van der Waals surface area contributed by atoms with Crippen molar-refractivity contribution in [2.24, 2.45) is 0 Å². The van der Waals surface area contributed by atoms with Crippen LogP contribution in [0.25, 0.3) is 0 Å². The first kappa shape index (κ1) is 11.8. The fraction of sp³-hybridized carbons (Fsp3) is 0. The summed E-state index contributed by atoms with van der Waals surface area (Å²) in [7, 11) is 0. The zero-order valence-electron chi connectivity index (χ0n) is 7.69. The number of hydrogen-bond donors (Lipinski definition) is 0. The molecule has 0 saturated heterocycles. The van der Waals surface area contributed by atoms with Gasteiger partial charge in [-0.15, -0.1) is 10.2 Å². The number of nitrogens with zero attached hydrogens (tertiary/aromatic N) is 3. The van der Waals surface area contributed by atoms with E-state index in [2.05, 4.69) is 37.8 Å². The number of rotatable bonds is 2. The summed E-state index contributed by atoms with van der Waals surface area (Å²) in [5, 5.41) is 7.14. The zero-order valence-corrected chi connectivity index (χ0v) is 11.4. The number of ether oxygens (including phenoxy) is 1. The molecule has 4 nitrogen and oxygen atoms in total. The van der Waals surface area contributed by atoms with Crippen LogP contribution in [0.15, 0.2) is 24.3 Å². The van der Waals surface area contributed by atoms with Gasteiger partial charge < -0.3 is 4.74 Å². The van der Waals surface area contributed by atoms with Crippen molar-refractivity contribution >= 4 is 45.8 Å². The molecule has 0 N–H and O–H groups in total. The largest absolute Gasteiger partial charge is 0.436 e. The predicted octanol–water partition coefficient (Wildman–Crippen LogP) is 3.58. The smallest absolute Gasteiger partial charge is 0.262 e. The van der Waals surface area contributed by atoms with E-state index < -0.39 is 0 Å². The second-order valence-electron chi connectivity index (χ2n) is 2.73. The predicted molar refractivity (Wildman–Crippen MR) is 69.1 cm³/mol. The molecule has 0 spiro atoms. The molecule has 0 bridgehead atoms. The molecule has 2 aromatic rings. The third-order valence-electron chi connectivity index (χ3n) is 1.62. The Kier molecular flexibility index (Phi) is 3.78. The first-order valence-corrected chi connectivity index (χ1v) is 5.98. The summed E-state index contributed by atoms with van der Waals surface area (Å²) >= 11 is 13.5. The molecule has 1 aromatic heterocycles. The minimum Gasteiger partial charge on any atom is -0.436 e. The molecule has 0 radical (unpaired) electrons. The van der Waals surface area contributed by atoms with E-state index >= 15 is 0 Å². The topological polar surface area (TPSA) is 47.9 Å². The van der Waals surface area contributed by atoms with Crippen molar-refractivity contribution in [3.63, 3.8) is 0 Å². The monoisotopic (exact) mass is 367 g/mol. The molecule has 0 atom stereocenters. The average molecular weight is 368 g/mol. The van der Waals surface area contributed by atoms with Gasteiger partial charge in [-0.05, 0) is 58.5 Å². The van der Waals surface area contributed by atoms with Gasteiger partial charge in [0.1, 0.15) is 5.75 Å². The minimum atomic E-state index is -0.00934. The summed E-state index contributed by atoms with van der Waals surface area (Å²) in [4.78, 5) is 3.83. The molecule has 0 saturated carbocycles. The van der Waals surface area contributed by atoms with E-state index in [-0.39, 0.29) is 16.3 Å². The number of aromatic nitrogens is 3. The molecule has 1 heterocycles. The highest BCUT2D eigenvalue weighted by Gasteiger charge is 2.08. The van der Waals surface area contributed by atoms with Crippen LogP contribution in [-0.2, 0) is 0 Å². The summed E-state index contributed by atoms with van der Waals surface area (Å²) in [5.41, 5.74) is 0. The van der Waals surface area contributed by atoms with Gasteiger partial charge in [0.15, 0.2) is 0 Å². The van der Waals surface area contributed by atoms with Gasteiger partial charge >= 0.3 is 0 Å². The SMILES string of the molecule is Clc1nnc(Cl)c(Oc2ccc(I)cc2)n1. The van der Waals surface area contributed by atoms with E-state index in [9.17, 15) is 0 Å². The lowest BCUT2D eigenvalue weighted by atomic mass is 10.3. The average Bonchev–Trinajstić information content (AvgIpc) is 2.27. The van der Waals surface area contributed by atoms with E-state index in [0.29, 0.717) is 5.75 Å². The van der Waals surface area contributed by atoms with Gasteiger partial charge in [0, 0.05) is 3.57 Å². The van der Waals surface area contributed by atoms with Crippen molar-refractivity contribution in [1.82, 2.24) is 15.2 Å². The van der Waals surface area contributed by atoms with Gasteiger partial charge in [0.05, 0.1) is 0 Å². The Bertz CT molecular complexity index is 507. The first-order valence-electron chi connectivity index (χ1n) is 4.14. The standard InChI is InChI=1S/C9H4Cl2IN3O/c10-7-8(13-9(11)15-14-7)16-6-3-1-5(12)2-4-6/h1-4H. The van der Waals surface area contributed by atoms with Crippen molar-refractivity contribution in [3.8, 4) is 11.6 Å². The van der Waals surface area contributed by atoms with E-state index in [0.717, 1.165) is 3.57 Å². The Morgan fingerprint density at radius 3 is 2.44 bits per heavy atom. The molecule has 1 aromatic carbocycles. The van der Waals surface area contributed by atoms with Gasteiger partial charge in [-0.1, -0.05) is 11.6 Å². The van der Waals surface area contributed by atoms with Crippen molar-refractivity contribution in [1.29, 1.82) is 0 Å². The third kappa shape index (κ3) is 2.93. The van der Waals surface area contributed by atoms with Crippen LogP contribution in [0.5, 0.6) is 11.6 Å². The van der Waals surface area contributed by atoms with Gasteiger partial charge in [0.2, 0.25) is 10.4 Å². The van der Waals surface area contributed by atoms with Crippen LogP contribution in [0.2, 0.25) is 10.4 Å². The summed E-state index contributed by atoms with van der Waals surface area (Å²) in [5.74, 6) is 0.752. The second-order valence-corrected chi connectivity index (χ2v) is 4.67. The Morgan fingerprint density at radius 1 is 1.06 bits per heavy atom. The quantitative estimate of drug-likeness (QED) is 0.761. The highest BCUT2D eigenvalue weighted by Crippen LogP contribution is 2.26. The lowest BCUT2D eigenvalue weighted by Gasteiger charge is -2.04. The number of halogens is 3. The van der Waals surface area contributed by atoms with Crippen molar-refractivity contribution < 1.29 is 4.74 Å². The molecule has 0 unspecified atom stereocenters. The molecule has 0 fully saturated rings. The van der Waals surface area contributed by atoms with E-state index in [1.54, 1.807) is 12.1 Å². The Morgan fingerprint density at radius 2 is 1.75 bits per heavy atom. The fourth-order valence-corrected chi connectivity index (χ4v) is 1.55. The van der Waals surface area contributed by atoms with Crippen LogP contribution in [-0.4, -0.2) is 15.2 Å².